The largest absolute Gasteiger partial charge is 0.393 e. The molecule has 1 N–H and O–H groups in total. The van der Waals surface area contributed by atoms with Crippen LogP contribution in [-0.2, 0) is 24.8 Å². The van der Waals surface area contributed by atoms with Crippen LogP contribution in [0.15, 0.2) is 36.7 Å². The Kier molecular flexibility index (Phi) is 4.78. The minimum atomic E-state index is -0.283. The molecule has 0 spiro atoms. The molecule has 6 heteroatoms. The summed E-state index contributed by atoms with van der Waals surface area (Å²) in [5.74, 6) is 0.142. The second kappa shape index (κ2) is 7.21. The summed E-state index contributed by atoms with van der Waals surface area (Å²) < 4.78 is 2.05. The summed E-state index contributed by atoms with van der Waals surface area (Å²) in [6.07, 6.45) is 3.88. The number of likely N-dealkylation sites (tertiary alicyclic amines) is 1. The average molecular weight is 354 g/mol. The van der Waals surface area contributed by atoms with Gasteiger partial charge in [0.15, 0.2) is 0 Å². The van der Waals surface area contributed by atoms with Gasteiger partial charge in [0.25, 0.3) is 0 Å². The summed E-state index contributed by atoms with van der Waals surface area (Å²) in [6, 6.07) is 9.73. The minimum Gasteiger partial charge on any atom is -0.393 e. The second-order valence-corrected chi connectivity index (χ2v) is 7.34. The van der Waals surface area contributed by atoms with Crippen LogP contribution in [0.2, 0.25) is 0 Å². The zero-order valence-corrected chi connectivity index (χ0v) is 15.2. The van der Waals surface area contributed by atoms with Crippen molar-refractivity contribution in [2.24, 2.45) is 7.05 Å². The average Bonchev–Trinajstić information content (AvgIpc) is 3.05. The van der Waals surface area contributed by atoms with E-state index in [1.54, 1.807) is 0 Å². The molecule has 3 heterocycles. The molecule has 0 bridgehead atoms. The van der Waals surface area contributed by atoms with Gasteiger partial charge in [-0.2, -0.15) is 0 Å². The quantitative estimate of drug-likeness (QED) is 0.907. The number of rotatable bonds is 3. The molecular formula is C20H26N4O2. The molecule has 1 aromatic heterocycles. The lowest BCUT2D eigenvalue weighted by Gasteiger charge is -2.39. The van der Waals surface area contributed by atoms with E-state index >= 15 is 0 Å². The van der Waals surface area contributed by atoms with Gasteiger partial charge in [0.1, 0.15) is 6.04 Å². The highest BCUT2D eigenvalue weighted by Crippen LogP contribution is 2.29. The van der Waals surface area contributed by atoms with Gasteiger partial charge in [0, 0.05) is 38.8 Å². The third-order valence-corrected chi connectivity index (χ3v) is 5.63. The molecule has 1 saturated heterocycles. The first-order valence-corrected chi connectivity index (χ1v) is 9.38. The number of benzene rings is 1. The Morgan fingerprint density at radius 3 is 2.65 bits per heavy atom. The molecule has 1 atom stereocenters. The van der Waals surface area contributed by atoms with Gasteiger partial charge in [0.05, 0.1) is 24.7 Å². The van der Waals surface area contributed by atoms with Gasteiger partial charge in [-0.25, -0.2) is 4.98 Å². The first-order valence-electron chi connectivity index (χ1n) is 9.38. The van der Waals surface area contributed by atoms with E-state index in [2.05, 4.69) is 14.5 Å². The molecule has 2 aromatic rings. The van der Waals surface area contributed by atoms with Crippen LogP contribution in [-0.4, -0.2) is 56.1 Å². The monoisotopic (exact) mass is 354 g/mol. The lowest BCUT2D eigenvalue weighted by molar-refractivity contribution is -0.139. The molecule has 4 rings (SSSR count). The number of imidazole rings is 1. The molecule has 1 amide bonds. The number of nitrogens with zero attached hydrogens (tertiary/aromatic N) is 4. The number of aliphatic hydroxyl groups excluding tert-OH is 1. The molecule has 2 aliphatic rings. The van der Waals surface area contributed by atoms with Crippen molar-refractivity contribution in [1.82, 2.24) is 19.4 Å². The van der Waals surface area contributed by atoms with Crippen molar-refractivity contribution in [3.05, 3.63) is 53.6 Å². The summed E-state index contributed by atoms with van der Waals surface area (Å²) in [5.41, 5.74) is 3.26. The van der Waals surface area contributed by atoms with Gasteiger partial charge in [-0.05, 0) is 18.4 Å². The standard InChI is InChI=1S/C20H26N4O2/c1-22-14-21-17-13-24(12-9-18(17)22)20(26)19(15-5-3-2-4-6-15)23-10-7-16(25)8-11-23/h2-6,14,16,19,25H,7-13H2,1H3. The summed E-state index contributed by atoms with van der Waals surface area (Å²) in [7, 11) is 2.01. The van der Waals surface area contributed by atoms with Crippen LogP contribution in [0.25, 0.3) is 0 Å². The van der Waals surface area contributed by atoms with Gasteiger partial charge in [-0.1, -0.05) is 30.3 Å². The number of fused-ring (bicyclic) bond motifs is 1. The van der Waals surface area contributed by atoms with E-state index in [1.165, 1.54) is 5.69 Å². The number of piperidine rings is 1. The lowest BCUT2D eigenvalue weighted by atomic mass is 9.98. The smallest absolute Gasteiger partial charge is 0.244 e. The van der Waals surface area contributed by atoms with Crippen molar-refractivity contribution in [1.29, 1.82) is 0 Å². The lowest BCUT2D eigenvalue weighted by Crippen LogP contribution is -2.48. The normalized spacial score (nSPS) is 20.0. The number of hydrogen-bond acceptors (Lipinski definition) is 4. The van der Waals surface area contributed by atoms with Crippen molar-refractivity contribution in [2.75, 3.05) is 19.6 Å². The van der Waals surface area contributed by atoms with E-state index in [1.807, 2.05) is 48.6 Å². The van der Waals surface area contributed by atoms with E-state index in [-0.39, 0.29) is 18.1 Å². The van der Waals surface area contributed by atoms with Crippen LogP contribution in [0, 0.1) is 0 Å². The highest BCUT2D eigenvalue weighted by molar-refractivity contribution is 5.83. The second-order valence-electron chi connectivity index (χ2n) is 7.34. The van der Waals surface area contributed by atoms with Crippen LogP contribution < -0.4 is 0 Å². The van der Waals surface area contributed by atoms with E-state index in [0.29, 0.717) is 6.54 Å². The SMILES string of the molecule is Cn1cnc2c1CCN(C(=O)C(c1ccccc1)N1CCC(O)CC1)C2. The Morgan fingerprint density at radius 2 is 1.92 bits per heavy atom. The Labute approximate surface area is 154 Å². The van der Waals surface area contributed by atoms with Gasteiger partial charge in [-0.3, -0.25) is 9.69 Å². The Balaban J connectivity index is 1.58. The molecule has 138 valence electrons. The molecule has 0 aliphatic carbocycles. The van der Waals surface area contributed by atoms with Crippen molar-refractivity contribution >= 4 is 5.91 Å². The number of carbonyl (C=O) groups is 1. The summed E-state index contributed by atoms with van der Waals surface area (Å²) in [4.78, 5) is 22.1. The molecular weight excluding hydrogens is 328 g/mol. The Bertz CT molecular complexity index is 765. The number of amides is 1. The Hall–Kier alpha value is -2.18. The summed E-state index contributed by atoms with van der Waals surface area (Å²) in [6.45, 7) is 2.80. The van der Waals surface area contributed by atoms with Gasteiger partial charge in [-0.15, -0.1) is 0 Å². The number of aromatic nitrogens is 2. The molecule has 1 fully saturated rings. The molecule has 26 heavy (non-hydrogen) atoms. The van der Waals surface area contributed by atoms with Crippen molar-refractivity contribution in [3.8, 4) is 0 Å². The third kappa shape index (κ3) is 3.27. The maximum absolute atomic E-state index is 13.5. The summed E-state index contributed by atoms with van der Waals surface area (Å²) in [5, 5.41) is 9.85. The van der Waals surface area contributed by atoms with Crippen molar-refractivity contribution in [2.45, 2.75) is 38.0 Å². The summed E-state index contributed by atoms with van der Waals surface area (Å²) >= 11 is 0. The van der Waals surface area contributed by atoms with Crippen LogP contribution in [0.4, 0.5) is 0 Å². The van der Waals surface area contributed by atoms with Crippen LogP contribution in [0.5, 0.6) is 0 Å². The molecule has 0 radical (unpaired) electrons. The molecule has 0 saturated carbocycles. The fourth-order valence-corrected chi connectivity index (χ4v) is 4.11. The predicted molar refractivity (Wildman–Crippen MR) is 98.3 cm³/mol. The number of hydrogen-bond donors (Lipinski definition) is 1. The number of carbonyl (C=O) groups excluding carboxylic acids is 1. The van der Waals surface area contributed by atoms with Crippen molar-refractivity contribution < 1.29 is 9.90 Å². The first kappa shape index (κ1) is 17.2. The van der Waals surface area contributed by atoms with Gasteiger partial charge in [0.2, 0.25) is 5.91 Å². The van der Waals surface area contributed by atoms with E-state index < -0.39 is 0 Å². The van der Waals surface area contributed by atoms with Crippen LogP contribution in [0.1, 0.15) is 35.8 Å². The van der Waals surface area contributed by atoms with Gasteiger partial charge >= 0.3 is 0 Å². The van der Waals surface area contributed by atoms with E-state index in [9.17, 15) is 9.90 Å². The maximum atomic E-state index is 13.5. The minimum absolute atomic E-state index is 0.142. The fourth-order valence-electron chi connectivity index (χ4n) is 4.11. The van der Waals surface area contributed by atoms with Crippen molar-refractivity contribution in [3.63, 3.8) is 0 Å². The van der Waals surface area contributed by atoms with Crippen LogP contribution in [0.3, 0.4) is 0 Å². The highest BCUT2D eigenvalue weighted by atomic mass is 16.3. The third-order valence-electron chi connectivity index (χ3n) is 5.63. The highest BCUT2D eigenvalue weighted by Gasteiger charge is 2.35. The predicted octanol–water partition coefficient (Wildman–Crippen LogP) is 1.50. The van der Waals surface area contributed by atoms with E-state index in [4.69, 9.17) is 0 Å². The zero-order chi connectivity index (χ0) is 18.1. The topological polar surface area (TPSA) is 61.6 Å². The Morgan fingerprint density at radius 1 is 1.19 bits per heavy atom. The van der Waals surface area contributed by atoms with Crippen LogP contribution >= 0.6 is 0 Å². The first-order chi connectivity index (χ1) is 12.6. The van der Waals surface area contributed by atoms with E-state index in [0.717, 1.165) is 50.2 Å². The molecule has 6 nitrogen and oxygen atoms in total. The molecule has 2 aliphatic heterocycles. The maximum Gasteiger partial charge on any atom is 0.244 e. The molecule has 1 aromatic carbocycles. The zero-order valence-electron chi connectivity index (χ0n) is 15.2. The molecule has 1 unspecified atom stereocenters. The number of aliphatic hydroxyl groups is 1. The fraction of sp³-hybridized carbons (Fsp3) is 0.500. The van der Waals surface area contributed by atoms with Gasteiger partial charge < -0.3 is 14.6 Å². The number of aryl methyl sites for hydroxylation is 1.